The lowest BCUT2D eigenvalue weighted by molar-refractivity contribution is -0.132. The molecule has 1 aliphatic heterocycles. The van der Waals surface area contributed by atoms with Crippen molar-refractivity contribution in [3.8, 4) is 11.5 Å². The number of hydrogen-bond acceptors (Lipinski definition) is 5. The predicted octanol–water partition coefficient (Wildman–Crippen LogP) is 1.88. The number of β-amino-alcohol motifs (C(OH)–C–C–N with tert-alkyl or cyclic N) is 1. The van der Waals surface area contributed by atoms with Gasteiger partial charge in [-0.25, -0.2) is 4.79 Å². The number of carbonyl (C=O) groups is 2. The molecule has 3 amide bonds. The zero-order valence-electron chi connectivity index (χ0n) is 15.7. The van der Waals surface area contributed by atoms with Gasteiger partial charge in [-0.2, -0.15) is 0 Å². The van der Waals surface area contributed by atoms with Gasteiger partial charge >= 0.3 is 6.03 Å². The molecule has 0 bridgehead atoms. The quantitative estimate of drug-likeness (QED) is 0.509. The number of nitrogens with zero attached hydrogens (tertiary/aromatic N) is 1. The molecule has 0 radical (unpaired) electrons. The molecule has 146 valence electrons. The number of benzene rings is 1. The molecule has 7 heteroatoms. The average molecular weight is 374 g/mol. The van der Waals surface area contributed by atoms with Crippen LogP contribution >= 0.6 is 0 Å². The maximum Gasteiger partial charge on any atom is 0.325 e. The van der Waals surface area contributed by atoms with Gasteiger partial charge in [-0.3, -0.25) is 9.69 Å². The van der Waals surface area contributed by atoms with E-state index in [1.165, 1.54) is 0 Å². The highest BCUT2D eigenvalue weighted by Gasteiger charge is 2.56. The molecule has 0 unspecified atom stereocenters. The van der Waals surface area contributed by atoms with Crippen molar-refractivity contribution in [1.82, 2.24) is 10.2 Å². The first-order chi connectivity index (χ1) is 12.9. The number of aliphatic hydroxyl groups is 1. The molecule has 1 aromatic rings. The third-order valence-corrected chi connectivity index (χ3v) is 5.13. The van der Waals surface area contributed by atoms with Crippen LogP contribution in [0.3, 0.4) is 0 Å². The molecule has 2 aliphatic rings. The van der Waals surface area contributed by atoms with Crippen molar-refractivity contribution in [2.24, 2.45) is 5.92 Å². The normalized spacial score (nSPS) is 23.1. The van der Waals surface area contributed by atoms with Crippen molar-refractivity contribution >= 4 is 11.9 Å². The molecule has 0 aromatic heterocycles. The number of amides is 3. The molecule has 2 N–H and O–H groups in total. The molecule has 1 saturated heterocycles. The third kappa shape index (κ3) is 3.93. The number of rotatable bonds is 9. The van der Waals surface area contributed by atoms with Gasteiger partial charge in [0.2, 0.25) is 0 Å². The Morgan fingerprint density at radius 1 is 1.41 bits per heavy atom. The average Bonchev–Trinajstić information content (AvgIpc) is 3.47. The fraction of sp³-hybridized carbons (Fsp3) is 0.500. The van der Waals surface area contributed by atoms with Crippen molar-refractivity contribution in [1.29, 1.82) is 0 Å². The number of methoxy groups -OCH3 is 1. The van der Waals surface area contributed by atoms with Crippen LogP contribution in [0.25, 0.3) is 0 Å². The molecule has 2 atom stereocenters. The highest BCUT2D eigenvalue weighted by molar-refractivity contribution is 6.07. The Bertz CT molecular complexity index is 746. The van der Waals surface area contributed by atoms with Gasteiger partial charge in [0.1, 0.15) is 18.2 Å². The Hall–Kier alpha value is -2.54. The van der Waals surface area contributed by atoms with Gasteiger partial charge in [-0.1, -0.05) is 12.1 Å². The molecule has 1 saturated carbocycles. The Kier molecular flexibility index (Phi) is 5.41. The highest BCUT2D eigenvalue weighted by Crippen LogP contribution is 2.42. The molecular formula is C20H26N2O5. The minimum Gasteiger partial charge on any atom is -0.493 e. The van der Waals surface area contributed by atoms with Crippen LogP contribution in [0, 0.1) is 5.92 Å². The van der Waals surface area contributed by atoms with E-state index in [9.17, 15) is 14.7 Å². The number of carbonyl (C=O) groups excluding carboxylic acids is 2. The molecular weight excluding hydrogens is 348 g/mol. The molecule has 1 aliphatic carbocycles. The van der Waals surface area contributed by atoms with E-state index < -0.39 is 17.7 Å². The van der Waals surface area contributed by atoms with E-state index >= 15 is 0 Å². The van der Waals surface area contributed by atoms with Crippen molar-refractivity contribution in [2.75, 3.05) is 20.3 Å². The Balaban J connectivity index is 1.58. The van der Waals surface area contributed by atoms with Gasteiger partial charge in [0, 0.05) is 0 Å². The van der Waals surface area contributed by atoms with Crippen LogP contribution in [0.5, 0.6) is 11.5 Å². The minimum absolute atomic E-state index is 0.0611. The van der Waals surface area contributed by atoms with Crippen LogP contribution in [-0.2, 0) is 11.2 Å². The van der Waals surface area contributed by atoms with Crippen LogP contribution in [0.4, 0.5) is 4.79 Å². The van der Waals surface area contributed by atoms with Crippen LogP contribution in [0.2, 0.25) is 0 Å². The SMILES string of the molecule is C=CCc1ccc(OC[C@@H](O)CN2C(=O)N[C@@](C)(C3CC3)C2=O)c(OC)c1. The summed E-state index contributed by atoms with van der Waals surface area (Å²) in [5.41, 5.74) is 0.190. The number of nitrogens with one attached hydrogen (secondary N) is 1. The zero-order valence-corrected chi connectivity index (χ0v) is 15.7. The summed E-state index contributed by atoms with van der Waals surface area (Å²) in [5, 5.41) is 13.0. The second-order valence-electron chi connectivity index (χ2n) is 7.27. The molecule has 1 aromatic carbocycles. The van der Waals surface area contributed by atoms with Gasteiger partial charge in [-0.05, 0) is 49.8 Å². The molecule has 3 rings (SSSR count). The second-order valence-corrected chi connectivity index (χ2v) is 7.27. The first-order valence-corrected chi connectivity index (χ1v) is 9.11. The number of allylic oxidation sites excluding steroid dienone is 1. The summed E-state index contributed by atoms with van der Waals surface area (Å²) in [7, 11) is 1.54. The summed E-state index contributed by atoms with van der Waals surface area (Å²) < 4.78 is 11.0. The van der Waals surface area contributed by atoms with E-state index in [1.54, 1.807) is 26.2 Å². The predicted molar refractivity (Wildman–Crippen MR) is 99.8 cm³/mol. The fourth-order valence-corrected chi connectivity index (χ4v) is 3.39. The smallest absolute Gasteiger partial charge is 0.325 e. The van der Waals surface area contributed by atoms with Crippen molar-refractivity contribution < 1.29 is 24.2 Å². The second kappa shape index (κ2) is 7.60. The molecule has 1 heterocycles. The monoisotopic (exact) mass is 374 g/mol. The first-order valence-electron chi connectivity index (χ1n) is 9.11. The number of hydrogen-bond donors (Lipinski definition) is 2. The molecule has 7 nitrogen and oxygen atoms in total. The zero-order chi connectivity index (χ0) is 19.6. The van der Waals surface area contributed by atoms with Gasteiger partial charge in [-0.15, -0.1) is 6.58 Å². The van der Waals surface area contributed by atoms with Crippen molar-refractivity contribution in [3.05, 3.63) is 36.4 Å². The number of urea groups is 1. The third-order valence-electron chi connectivity index (χ3n) is 5.13. The van der Waals surface area contributed by atoms with Crippen LogP contribution in [0.15, 0.2) is 30.9 Å². The molecule has 27 heavy (non-hydrogen) atoms. The van der Waals surface area contributed by atoms with Crippen LogP contribution < -0.4 is 14.8 Å². The number of aliphatic hydroxyl groups excluding tert-OH is 1. The lowest BCUT2D eigenvalue weighted by atomic mass is 9.96. The lowest BCUT2D eigenvalue weighted by Crippen LogP contribution is -2.46. The fourth-order valence-electron chi connectivity index (χ4n) is 3.39. The highest BCUT2D eigenvalue weighted by atomic mass is 16.5. The maximum atomic E-state index is 12.6. The molecule has 0 spiro atoms. The van der Waals surface area contributed by atoms with Crippen LogP contribution in [-0.4, -0.2) is 53.8 Å². The van der Waals surface area contributed by atoms with Gasteiger partial charge in [0.05, 0.1) is 13.7 Å². The van der Waals surface area contributed by atoms with Crippen molar-refractivity contribution in [2.45, 2.75) is 37.8 Å². The van der Waals surface area contributed by atoms with E-state index in [0.29, 0.717) is 17.9 Å². The van der Waals surface area contributed by atoms with Gasteiger partial charge < -0.3 is 19.9 Å². The lowest BCUT2D eigenvalue weighted by Gasteiger charge is -2.22. The number of ether oxygens (including phenoxy) is 2. The summed E-state index contributed by atoms with van der Waals surface area (Å²) in [4.78, 5) is 25.8. The van der Waals surface area contributed by atoms with E-state index in [1.807, 2.05) is 12.1 Å². The topological polar surface area (TPSA) is 88.1 Å². The summed E-state index contributed by atoms with van der Waals surface area (Å²) in [5.74, 6) is 0.952. The summed E-state index contributed by atoms with van der Waals surface area (Å²) in [6, 6.07) is 5.05. The van der Waals surface area contributed by atoms with E-state index in [0.717, 1.165) is 23.3 Å². The van der Waals surface area contributed by atoms with E-state index in [2.05, 4.69) is 11.9 Å². The largest absolute Gasteiger partial charge is 0.493 e. The van der Waals surface area contributed by atoms with E-state index in [4.69, 9.17) is 9.47 Å². The minimum atomic E-state index is -1.00. The maximum absolute atomic E-state index is 12.6. The Morgan fingerprint density at radius 2 is 2.15 bits per heavy atom. The number of imide groups is 1. The summed E-state index contributed by atoms with van der Waals surface area (Å²) in [6.07, 6.45) is 3.38. The summed E-state index contributed by atoms with van der Waals surface area (Å²) >= 11 is 0. The Labute approximate surface area is 158 Å². The Morgan fingerprint density at radius 3 is 2.78 bits per heavy atom. The van der Waals surface area contributed by atoms with Crippen molar-refractivity contribution in [3.63, 3.8) is 0 Å². The van der Waals surface area contributed by atoms with E-state index in [-0.39, 0.29) is 25.0 Å². The molecule has 2 fully saturated rings. The standard InChI is InChI=1S/C20H26N2O5/c1-4-5-13-6-9-16(17(10-13)26-3)27-12-15(23)11-22-18(24)20(2,14-7-8-14)21-19(22)25/h4,6,9-10,14-15,23H,1,5,7-8,11-12H2,2-3H3,(H,21,25)/t15-,20-/m0/s1. The van der Waals surface area contributed by atoms with Gasteiger partial charge in [0.25, 0.3) is 5.91 Å². The summed E-state index contributed by atoms with van der Waals surface area (Å²) in [6.45, 7) is 5.29. The first kappa shape index (κ1) is 19.2. The van der Waals surface area contributed by atoms with Gasteiger partial charge in [0.15, 0.2) is 11.5 Å². The van der Waals surface area contributed by atoms with Crippen LogP contribution in [0.1, 0.15) is 25.3 Å².